The average molecular weight is 531 g/mol. The second kappa shape index (κ2) is 11.5. The van der Waals surface area contributed by atoms with Crippen LogP contribution in [0.4, 0.5) is 4.39 Å². The number of rotatable bonds is 9. The van der Waals surface area contributed by atoms with E-state index in [-0.39, 0.29) is 41.8 Å². The Balaban J connectivity index is 0.00000320. The molecule has 2 N–H and O–H groups in total. The zero-order valence-corrected chi connectivity index (χ0v) is 20.3. The summed E-state index contributed by atoms with van der Waals surface area (Å²) in [6.45, 7) is 7.19. The number of hydrogen-bond acceptors (Lipinski definition) is 5. The molecule has 9 heteroatoms. The zero-order valence-electron chi connectivity index (χ0n) is 17.9. The van der Waals surface area contributed by atoms with E-state index in [1.54, 1.807) is 13.1 Å². The van der Waals surface area contributed by atoms with Crippen molar-refractivity contribution in [1.82, 2.24) is 20.8 Å². The molecule has 3 rings (SSSR count). The van der Waals surface area contributed by atoms with Gasteiger partial charge in [-0.15, -0.1) is 24.0 Å². The average Bonchev–Trinajstić information content (AvgIpc) is 3.41. The van der Waals surface area contributed by atoms with Gasteiger partial charge in [0, 0.05) is 25.9 Å². The van der Waals surface area contributed by atoms with Crippen LogP contribution < -0.4 is 15.4 Å². The fourth-order valence-electron chi connectivity index (χ4n) is 2.77. The van der Waals surface area contributed by atoms with E-state index in [2.05, 4.69) is 25.8 Å². The number of guanidine groups is 1. The molecular weight excluding hydrogens is 500 g/mol. The quantitative estimate of drug-likeness (QED) is 0.287. The van der Waals surface area contributed by atoms with Crippen LogP contribution in [0, 0.1) is 11.7 Å². The van der Waals surface area contributed by atoms with Crippen molar-refractivity contribution in [1.29, 1.82) is 0 Å². The monoisotopic (exact) mass is 531 g/mol. The number of halogens is 2. The van der Waals surface area contributed by atoms with Gasteiger partial charge >= 0.3 is 0 Å². The summed E-state index contributed by atoms with van der Waals surface area (Å²) in [4.78, 5) is 8.58. The topological polar surface area (TPSA) is 84.6 Å². The summed E-state index contributed by atoms with van der Waals surface area (Å²) in [5.74, 6) is 2.73. The first-order valence-electron chi connectivity index (χ1n) is 10.2. The summed E-state index contributed by atoms with van der Waals surface area (Å²) < 4.78 is 25.1. The molecule has 0 radical (unpaired) electrons. The second-order valence-electron chi connectivity index (χ2n) is 7.76. The molecule has 7 nitrogen and oxygen atoms in total. The Morgan fingerprint density at radius 3 is 2.70 bits per heavy atom. The van der Waals surface area contributed by atoms with Gasteiger partial charge in [-0.1, -0.05) is 25.1 Å². The van der Waals surface area contributed by atoms with Crippen molar-refractivity contribution >= 4 is 29.9 Å². The van der Waals surface area contributed by atoms with Crippen LogP contribution >= 0.6 is 24.0 Å². The Morgan fingerprint density at radius 1 is 1.33 bits per heavy atom. The first-order valence-corrected chi connectivity index (χ1v) is 10.2. The van der Waals surface area contributed by atoms with Gasteiger partial charge in [0.1, 0.15) is 0 Å². The third-order valence-electron chi connectivity index (χ3n) is 4.84. The molecule has 1 aliphatic carbocycles. The van der Waals surface area contributed by atoms with Crippen molar-refractivity contribution in [3.05, 3.63) is 41.3 Å². The van der Waals surface area contributed by atoms with E-state index in [1.807, 2.05) is 26.8 Å². The number of aliphatic imine (C=N–C) groups is 1. The molecule has 1 aromatic carbocycles. The van der Waals surface area contributed by atoms with Crippen LogP contribution in [0.15, 0.2) is 27.7 Å². The fraction of sp³-hybridized carbons (Fsp3) is 0.571. The molecule has 1 heterocycles. The van der Waals surface area contributed by atoms with E-state index in [9.17, 15) is 4.39 Å². The molecule has 1 saturated carbocycles. The number of nitrogens with zero attached hydrogens (tertiary/aromatic N) is 3. The Bertz CT molecular complexity index is 839. The highest BCUT2D eigenvalue weighted by Crippen LogP contribution is 2.30. The molecule has 1 unspecified atom stereocenters. The van der Waals surface area contributed by atoms with E-state index >= 15 is 0 Å². The minimum absolute atomic E-state index is 0. The molecule has 0 amide bonds. The van der Waals surface area contributed by atoms with Crippen molar-refractivity contribution in [2.45, 2.75) is 52.0 Å². The number of hydrogen-bond donors (Lipinski definition) is 2. The maximum atomic E-state index is 14.3. The predicted octanol–water partition coefficient (Wildman–Crippen LogP) is 4.21. The van der Waals surface area contributed by atoms with Gasteiger partial charge in [-0.25, -0.2) is 4.39 Å². The van der Waals surface area contributed by atoms with E-state index in [0.717, 1.165) is 5.56 Å². The maximum Gasteiger partial charge on any atom is 0.228 e. The van der Waals surface area contributed by atoms with Gasteiger partial charge < -0.3 is 19.9 Å². The van der Waals surface area contributed by atoms with Gasteiger partial charge in [-0.2, -0.15) is 4.98 Å². The van der Waals surface area contributed by atoms with Crippen LogP contribution in [-0.4, -0.2) is 36.3 Å². The summed E-state index contributed by atoms with van der Waals surface area (Å²) in [6, 6.07) is 4.97. The van der Waals surface area contributed by atoms with Crippen molar-refractivity contribution in [2.24, 2.45) is 10.9 Å². The largest absolute Gasteiger partial charge is 0.490 e. The molecule has 0 bridgehead atoms. The van der Waals surface area contributed by atoms with E-state index < -0.39 is 0 Å². The molecule has 0 spiro atoms. The first-order chi connectivity index (χ1) is 14.0. The standard InChI is InChI=1S/C21H30FN5O2.HI/c1-13(2)20-26-19(29-27-20)9-10-24-21(23-4)25-14(3)16-7-8-18(17(22)11-16)28-12-15-5-6-15;/h7-8,11,13-15H,5-6,9-10,12H2,1-4H3,(H2,23,24,25);1H. The normalized spacial score (nSPS) is 14.9. The molecule has 1 fully saturated rings. The SMILES string of the molecule is CN=C(NCCc1nc(C(C)C)no1)NC(C)c1ccc(OCC2CC2)c(F)c1.I. The smallest absolute Gasteiger partial charge is 0.228 e. The van der Waals surface area contributed by atoms with Gasteiger partial charge in [0.2, 0.25) is 5.89 Å². The van der Waals surface area contributed by atoms with E-state index in [1.165, 1.54) is 18.9 Å². The number of ether oxygens (including phenoxy) is 1. The Morgan fingerprint density at radius 2 is 2.10 bits per heavy atom. The van der Waals surface area contributed by atoms with Gasteiger partial charge in [0.05, 0.1) is 12.6 Å². The minimum atomic E-state index is -0.336. The predicted molar refractivity (Wildman–Crippen MR) is 125 cm³/mol. The summed E-state index contributed by atoms with van der Waals surface area (Å²) in [7, 11) is 1.70. The number of aromatic nitrogens is 2. The molecular formula is C21H31FIN5O2. The lowest BCUT2D eigenvalue weighted by Crippen LogP contribution is -2.39. The maximum absolute atomic E-state index is 14.3. The Kier molecular flexibility index (Phi) is 9.32. The van der Waals surface area contributed by atoms with Gasteiger partial charge in [-0.05, 0) is 43.4 Å². The van der Waals surface area contributed by atoms with Gasteiger partial charge in [0.15, 0.2) is 23.4 Å². The highest BCUT2D eigenvalue weighted by molar-refractivity contribution is 14.0. The molecule has 30 heavy (non-hydrogen) atoms. The number of benzene rings is 1. The first kappa shape index (κ1) is 24.4. The summed E-state index contributed by atoms with van der Waals surface area (Å²) in [5, 5.41) is 10.4. The summed E-state index contributed by atoms with van der Waals surface area (Å²) in [6.07, 6.45) is 2.95. The van der Waals surface area contributed by atoms with E-state index in [0.29, 0.717) is 48.9 Å². The highest BCUT2D eigenvalue weighted by atomic mass is 127. The van der Waals surface area contributed by atoms with Gasteiger partial charge in [0.25, 0.3) is 0 Å². The molecule has 2 aromatic rings. The fourth-order valence-corrected chi connectivity index (χ4v) is 2.77. The van der Waals surface area contributed by atoms with Crippen LogP contribution in [0.3, 0.4) is 0 Å². The molecule has 0 saturated heterocycles. The van der Waals surface area contributed by atoms with Crippen molar-refractivity contribution in [2.75, 3.05) is 20.2 Å². The third-order valence-corrected chi connectivity index (χ3v) is 4.84. The molecule has 1 atom stereocenters. The van der Waals surface area contributed by atoms with Crippen LogP contribution in [0.5, 0.6) is 5.75 Å². The lowest BCUT2D eigenvalue weighted by atomic mass is 10.1. The minimum Gasteiger partial charge on any atom is -0.490 e. The van der Waals surface area contributed by atoms with Gasteiger partial charge in [-0.3, -0.25) is 4.99 Å². The molecule has 0 aliphatic heterocycles. The summed E-state index contributed by atoms with van der Waals surface area (Å²) >= 11 is 0. The second-order valence-corrected chi connectivity index (χ2v) is 7.76. The molecule has 1 aliphatic rings. The molecule has 166 valence electrons. The highest BCUT2D eigenvalue weighted by Gasteiger charge is 2.22. The van der Waals surface area contributed by atoms with Crippen LogP contribution in [0.1, 0.15) is 62.9 Å². The zero-order chi connectivity index (χ0) is 20.8. The van der Waals surface area contributed by atoms with Crippen molar-refractivity contribution in [3.8, 4) is 5.75 Å². The van der Waals surface area contributed by atoms with E-state index in [4.69, 9.17) is 9.26 Å². The van der Waals surface area contributed by atoms with Crippen molar-refractivity contribution in [3.63, 3.8) is 0 Å². The Hall–Kier alpha value is -1.91. The lowest BCUT2D eigenvalue weighted by molar-refractivity contribution is 0.285. The Labute approximate surface area is 194 Å². The number of nitrogens with one attached hydrogen (secondary N) is 2. The molecule has 1 aromatic heterocycles. The lowest BCUT2D eigenvalue weighted by Gasteiger charge is -2.18. The van der Waals surface area contributed by atoms with Crippen LogP contribution in [0.2, 0.25) is 0 Å². The van der Waals surface area contributed by atoms with Crippen LogP contribution in [-0.2, 0) is 6.42 Å². The van der Waals surface area contributed by atoms with Crippen molar-refractivity contribution < 1.29 is 13.7 Å². The summed E-state index contributed by atoms with van der Waals surface area (Å²) in [5.41, 5.74) is 0.822. The third kappa shape index (κ3) is 7.10. The van der Waals surface area contributed by atoms with Crippen LogP contribution in [0.25, 0.3) is 0 Å².